The van der Waals surface area contributed by atoms with Gasteiger partial charge in [0.25, 0.3) is 11.5 Å². The summed E-state index contributed by atoms with van der Waals surface area (Å²) in [4.78, 5) is 38.6. The largest absolute Gasteiger partial charge is 0.352 e. The summed E-state index contributed by atoms with van der Waals surface area (Å²) in [6.07, 6.45) is 5.31. The lowest BCUT2D eigenvalue weighted by molar-refractivity contribution is -0.121. The number of carbonyl (C=O) groups excluding carboxylic acids is 2. The first kappa shape index (κ1) is 17.1. The molecule has 2 amide bonds. The molecule has 3 N–H and O–H groups in total. The molecule has 3 rings (SSSR count). The number of pyridine rings is 1. The smallest absolute Gasteiger partial charge is 0.261 e. The number of hydrogen-bond donors (Lipinski definition) is 3. The lowest BCUT2D eigenvalue weighted by atomic mass is 9.95. The molecular weight excluding hydrogens is 325 g/mol. The minimum atomic E-state index is -0.633. The van der Waals surface area contributed by atoms with E-state index in [1.807, 2.05) is 0 Å². The number of carbonyl (C=O) groups is 2. The number of amides is 2. The number of hydrogen-bond acceptors (Lipinski definition) is 3. The maximum absolute atomic E-state index is 13.2. The van der Waals surface area contributed by atoms with Crippen LogP contribution < -0.4 is 16.2 Å². The molecule has 6 nitrogen and oxygen atoms in total. The predicted octanol–water partition coefficient (Wildman–Crippen LogP) is 1.85. The third-order valence-corrected chi connectivity index (χ3v) is 4.43. The Labute approximate surface area is 143 Å². The Morgan fingerprint density at radius 3 is 2.68 bits per heavy atom. The Balaban J connectivity index is 1.63. The topological polar surface area (TPSA) is 91.1 Å². The minimum Gasteiger partial charge on any atom is -0.352 e. The van der Waals surface area contributed by atoms with Gasteiger partial charge in [-0.3, -0.25) is 14.4 Å². The molecule has 0 spiro atoms. The normalized spacial score (nSPS) is 15.1. The zero-order valence-corrected chi connectivity index (χ0v) is 13.7. The van der Waals surface area contributed by atoms with Crippen molar-refractivity contribution in [2.75, 3.05) is 6.54 Å². The molecule has 7 heteroatoms. The van der Waals surface area contributed by atoms with Crippen LogP contribution in [0.3, 0.4) is 0 Å². The van der Waals surface area contributed by atoms with Gasteiger partial charge in [-0.05, 0) is 42.5 Å². The molecule has 1 heterocycles. The monoisotopic (exact) mass is 345 g/mol. The van der Waals surface area contributed by atoms with E-state index in [1.54, 1.807) is 0 Å². The number of rotatable bonds is 4. The molecule has 25 heavy (non-hydrogen) atoms. The quantitative estimate of drug-likeness (QED) is 0.790. The Morgan fingerprint density at radius 1 is 1.16 bits per heavy atom. The maximum Gasteiger partial charge on any atom is 0.261 e. The molecule has 0 radical (unpaired) electrons. The standard InChI is InChI=1S/C18H20FN3O3/c19-12-7-6-11-8-14(18(25)22-15(11)9-12)17(24)20-10-16(23)21-13-4-2-1-3-5-13/h6-9,13H,1-5,10H2,(H,20,24)(H,21,23)(H,22,25). The van der Waals surface area contributed by atoms with Crippen molar-refractivity contribution in [2.45, 2.75) is 38.1 Å². The number of benzene rings is 1. The summed E-state index contributed by atoms with van der Waals surface area (Å²) in [5.41, 5.74) is -0.413. The van der Waals surface area contributed by atoms with Gasteiger partial charge in [-0.2, -0.15) is 0 Å². The fourth-order valence-electron chi connectivity index (χ4n) is 3.12. The Hall–Kier alpha value is -2.70. The number of aromatic amines is 1. The van der Waals surface area contributed by atoms with Crippen molar-refractivity contribution in [2.24, 2.45) is 0 Å². The Bertz CT molecular complexity index is 856. The van der Waals surface area contributed by atoms with E-state index in [0.29, 0.717) is 10.9 Å². The molecule has 0 atom stereocenters. The zero-order valence-electron chi connectivity index (χ0n) is 13.7. The van der Waals surface area contributed by atoms with Crippen molar-refractivity contribution in [3.05, 3.63) is 46.0 Å². The van der Waals surface area contributed by atoms with E-state index in [-0.39, 0.29) is 24.1 Å². The first-order chi connectivity index (χ1) is 12.0. The zero-order chi connectivity index (χ0) is 17.8. The van der Waals surface area contributed by atoms with Crippen molar-refractivity contribution in [1.29, 1.82) is 0 Å². The first-order valence-electron chi connectivity index (χ1n) is 8.43. The van der Waals surface area contributed by atoms with Crippen LogP contribution in [-0.4, -0.2) is 29.4 Å². The highest BCUT2D eigenvalue weighted by Crippen LogP contribution is 2.17. The summed E-state index contributed by atoms with van der Waals surface area (Å²) in [7, 11) is 0. The second kappa shape index (κ2) is 7.46. The van der Waals surface area contributed by atoms with E-state index in [1.165, 1.54) is 30.7 Å². The molecule has 0 bridgehead atoms. The molecule has 132 valence electrons. The maximum atomic E-state index is 13.2. The van der Waals surface area contributed by atoms with Gasteiger partial charge < -0.3 is 15.6 Å². The summed E-state index contributed by atoms with van der Waals surface area (Å²) in [6, 6.07) is 5.47. The molecule has 1 fully saturated rings. The highest BCUT2D eigenvalue weighted by Gasteiger charge is 2.17. The van der Waals surface area contributed by atoms with Crippen molar-refractivity contribution < 1.29 is 14.0 Å². The van der Waals surface area contributed by atoms with Crippen molar-refractivity contribution in [1.82, 2.24) is 15.6 Å². The van der Waals surface area contributed by atoms with Gasteiger partial charge in [-0.1, -0.05) is 19.3 Å². The van der Waals surface area contributed by atoms with E-state index < -0.39 is 17.3 Å². The Morgan fingerprint density at radius 2 is 1.92 bits per heavy atom. The summed E-state index contributed by atoms with van der Waals surface area (Å²) >= 11 is 0. The van der Waals surface area contributed by atoms with Gasteiger partial charge in [-0.15, -0.1) is 0 Å². The van der Waals surface area contributed by atoms with Crippen LogP contribution in [0, 0.1) is 5.82 Å². The lowest BCUT2D eigenvalue weighted by Crippen LogP contribution is -2.43. The first-order valence-corrected chi connectivity index (χ1v) is 8.43. The molecule has 0 aliphatic heterocycles. The molecule has 2 aromatic rings. The van der Waals surface area contributed by atoms with Gasteiger partial charge in [0.2, 0.25) is 5.91 Å². The van der Waals surface area contributed by atoms with Crippen molar-refractivity contribution in [3.8, 4) is 0 Å². The molecule has 0 unspecified atom stereocenters. The summed E-state index contributed by atoms with van der Waals surface area (Å²) in [5, 5.41) is 5.89. The van der Waals surface area contributed by atoms with Gasteiger partial charge in [0.1, 0.15) is 11.4 Å². The van der Waals surface area contributed by atoms with Gasteiger partial charge in [0.05, 0.1) is 12.1 Å². The van der Waals surface area contributed by atoms with Gasteiger partial charge >= 0.3 is 0 Å². The Kier molecular flexibility index (Phi) is 5.11. The molecule has 1 aromatic carbocycles. The van der Waals surface area contributed by atoms with E-state index in [2.05, 4.69) is 15.6 Å². The third-order valence-electron chi connectivity index (χ3n) is 4.43. The van der Waals surface area contributed by atoms with Gasteiger partial charge in [-0.25, -0.2) is 4.39 Å². The SMILES string of the molecule is O=C(CNC(=O)c1cc2ccc(F)cc2[nH]c1=O)NC1CCCCC1. The summed E-state index contributed by atoms with van der Waals surface area (Å²) < 4.78 is 13.2. The summed E-state index contributed by atoms with van der Waals surface area (Å²) in [6.45, 7) is -0.184. The fraction of sp³-hybridized carbons (Fsp3) is 0.389. The van der Waals surface area contributed by atoms with Crippen molar-refractivity contribution >= 4 is 22.7 Å². The number of aromatic nitrogens is 1. The van der Waals surface area contributed by atoms with Crippen LogP contribution in [0.15, 0.2) is 29.1 Å². The minimum absolute atomic E-state index is 0.107. The molecule has 1 aliphatic rings. The predicted molar refractivity (Wildman–Crippen MR) is 91.9 cm³/mol. The molecular formula is C18H20FN3O3. The van der Waals surface area contributed by atoms with E-state index in [0.717, 1.165) is 25.7 Å². The van der Waals surface area contributed by atoms with Crippen LogP contribution in [0.2, 0.25) is 0 Å². The highest BCUT2D eigenvalue weighted by atomic mass is 19.1. The van der Waals surface area contributed by atoms with Gasteiger partial charge in [0.15, 0.2) is 0 Å². The van der Waals surface area contributed by atoms with Crippen LogP contribution in [0.5, 0.6) is 0 Å². The third kappa shape index (κ3) is 4.23. The highest BCUT2D eigenvalue weighted by molar-refractivity contribution is 5.98. The van der Waals surface area contributed by atoms with Crippen LogP contribution in [0.1, 0.15) is 42.5 Å². The van der Waals surface area contributed by atoms with E-state index >= 15 is 0 Å². The summed E-state index contributed by atoms with van der Waals surface area (Å²) in [5.74, 6) is -1.37. The molecule has 1 saturated carbocycles. The van der Waals surface area contributed by atoms with Gasteiger partial charge in [0, 0.05) is 6.04 Å². The second-order valence-corrected chi connectivity index (χ2v) is 6.33. The average Bonchev–Trinajstić information content (AvgIpc) is 2.60. The molecule has 1 aliphatic carbocycles. The van der Waals surface area contributed by atoms with Crippen LogP contribution in [0.4, 0.5) is 4.39 Å². The molecule has 0 saturated heterocycles. The fourth-order valence-corrected chi connectivity index (χ4v) is 3.12. The molecule has 1 aromatic heterocycles. The van der Waals surface area contributed by atoms with E-state index in [9.17, 15) is 18.8 Å². The second-order valence-electron chi connectivity index (χ2n) is 6.33. The van der Waals surface area contributed by atoms with Crippen LogP contribution in [0.25, 0.3) is 10.9 Å². The number of fused-ring (bicyclic) bond motifs is 1. The number of H-pyrrole nitrogens is 1. The number of nitrogens with one attached hydrogen (secondary N) is 3. The van der Waals surface area contributed by atoms with Crippen LogP contribution in [-0.2, 0) is 4.79 Å². The average molecular weight is 345 g/mol. The van der Waals surface area contributed by atoms with Crippen LogP contribution >= 0.6 is 0 Å². The van der Waals surface area contributed by atoms with E-state index in [4.69, 9.17) is 0 Å². The lowest BCUT2D eigenvalue weighted by Gasteiger charge is -2.22. The number of halogens is 1. The van der Waals surface area contributed by atoms with Crippen molar-refractivity contribution in [3.63, 3.8) is 0 Å².